The number of nitrogens with one attached hydrogen (secondary N) is 2. The molecule has 1 saturated carbocycles. The average molecular weight is 339 g/mol. The van der Waals surface area contributed by atoms with Crippen LogP contribution in [0, 0.1) is 6.92 Å². The number of benzene rings is 1. The van der Waals surface area contributed by atoms with E-state index >= 15 is 0 Å². The van der Waals surface area contributed by atoms with E-state index in [1.807, 2.05) is 31.0 Å². The van der Waals surface area contributed by atoms with Crippen LogP contribution in [-0.4, -0.2) is 29.3 Å². The molecule has 0 bridgehead atoms. The number of nitrogens with zero attached hydrogens (tertiary/aromatic N) is 3. The molecule has 25 heavy (non-hydrogen) atoms. The molecular formula is C20H29N5. The molecule has 0 saturated heterocycles. The molecule has 2 aromatic rings. The van der Waals surface area contributed by atoms with Crippen LogP contribution >= 0.6 is 0 Å². The predicted molar refractivity (Wildman–Crippen MR) is 103 cm³/mol. The number of hydrogen-bond donors (Lipinski definition) is 2. The summed E-state index contributed by atoms with van der Waals surface area (Å²) in [6, 6.07) is 11.0. The lowest BCUT2D eigenvalue weighted by Crippen LogP contribution is -2.44. The largest absolute Gasteiger partial charge is 0.356 e. The van der Waals surface area contributed by atoms with Gasteiger partial charge in [0.2, 0.25) is 0 Å². The Hall–Kier alpha value is -2.30. The Morgan fingerprint density at radius 1 is 1.24 bits per heavy atom. The predicted octanol–water partition coefficient (Wildman–Crippen LogP) is 2.91. The molecule has 0 unspecified atom stereocenters. The van der Waals surface area contributed by atoms with Gasteiger partial charge in [0.05, 0.1) is 12.2 Å². The Kier molecular flexibility index (Phi) is 5.41. The van der Waals surface area contributed by atoms with Gasteiger partial charge in [-0.25, -0.2) is 0 Å². The highest BCUT2D eigenvalue weighted by molar-refractivity contribution is 5.79. The van der Waals surface area contributed by atoms with Gasteiger partial charge in [-0.2, -0.15) is 5.10 Å². The Bertz CT molecular complexity index is 725. The van der Waals surface area contributed by atoms with Crippen LogP contribution in [0.1, 0.15) is 42.5 Å². The third-order valence-electron chi connectivity index (χ3n) is 5.37. The van der Waals surface area contributed by atoms with E-state index in [2.05, 4.69) is 51.9 Å². The molecule has 0 atom stereocenters. The van der Waals surface area contributed by atoms with E-state index in [0.29, 0.717) is 6.54 Å². The van der Waals surface area contributed by atoms with Crippen molar-refractivity contribution in [2.24, 2.45) is 12.0 Å². The van der Waals surface area contributed by atoms with Crippen molar-refractivity contribution >= 4 is 5.96 Å². The van der Waals surface area contributed by atoms with E-state index in [1.54, 1.807) is 0 Å². The fourth-order valence-electron chi connectivity index (χ4n) is 3.82. The maximum Gasteiger partial charge on any atom is 0.191 e. The van der Waals surface area contributed by atoms with Gasteiger partial charge in [-0.05, 0) is 31.4 Å². The van der Waals surface area contributed by atoms with Crippen molar-refractivity contribution in [2.75, 3.05) is 13.6 Å². The summed E-state index contributed by atoms with van der Waals surface area (Å²) in [5.74, 6) is 0.847. The SMILES string of the molecule is CN=C(NCc1ccnn1C)NCC1(c2cccc(C)c2)CCCC1. The maximum atomic E-state index is 4.39. The lowest BCUT2D eigenvalue weighted by Gasteiger charge is -2.31. The third-order valence-corrected chi connectivity index (χ3v) is 5.37. The molecule has 1 fully saturated rings. The van der Waals surface area contributed by atoms with E-state index in [4.69, 9.17) is 0 Å². The van der Waals surface area contributed by atoms with Gasteiger partial charge in [0.15, 0.2) is 5.96 Å². The number of aryl methyl sites for hydroxylation is 2. The topological polar surface area (TPSA) is 54.2 Å². The summed E-state index contributed by atoms with van der Waals surface area (Å²) in [6.07, 6.45) is 6.90. The second-order valence-electron chi connectivity index (χ2n) is 7.08. The Balaban J connectivity index is 1.65. The molecule has 134 valence electrons. The number of aromatic nitrogens is 2. The lowest BCUT2D eigenvalue weighted by molar-refractivity contribution is 0.431. The molecule has 1 aromatic carbocycles. The maximum absolute atomic E-state index is 4.39. The second kappa shape index (κ2) is 7.72. The van der Waals surface area contributed by atoms with Gasteiger partial charge in [-0.1, -0.05) is 42.7 Å². The molecule has 1 aliphatic carbocycles. The zero-order valence-electron chi connectivity index (χ0n) is 15.5. The highest BCUT2D eigenvalue weighted by Gasteiger charge is 2.35. The third kappa shape index (κ3) is 4.03. The van der Waals surface area contributed by atoms with Gasteiger partial charge >= 0.3 is 0 Å². The number of rotatable bonds is 5. The highest BCUT2D eigenvalue weighted by Crippen LogP contribution is 2.40. The van der Waals surface area contributed by atoms with E-state index < -0.39 is 0 Å². The van der Waals surface area contributed by atoms with Crippen molar-refractivity contribution in [3.05, 3.63) is 53.3 Å². The molecule has 3 rings (SSSR count). The monoisotopic (exact) mass is 339 g/mol. The fourth-order valence-corrected chi connectivity index (χ4v) is 3.82. The molecule has 5 heteroatoms. The Morgan fingerprint density at radius 3 is 2.68 bits per heavy atom. The van der Waals surface area contributed by atoms with Crippen molar-refractivity contribution in [3.8, 4) is 0 Å². The van der Waals surface area contributed by atoms with Crippen LogP contribution in [0.25, 0.3) is 0 Å². The summed E-state index contributed by atoms with van der Waals surface area (Å²) in [5.41, 5.74) is 4.15. The van der Waals surface area contributed by atoms with Crippen molar-refractivity contribution < 1.29 is 0 Å². The quantitative estimate of drug-likeness (QED) is 0.650. The van der Waals surface area contributed by atoms with Crippen molar-refractivity contribution in [2.45, 2.75) is 44.6 Å². The zero-order chi connectivity index (χ0) is 17.7. The first kappa shape index (κ1) is 17.5. The molecule has 0 aliphatic heterocycles. The van der Waals surface area contributed by atoms with Crippen LogP contribution in [0.3, 0.4) is 0 Å². The van der Waals surface area contributed by atoms with Gasteiger partial charge < -0.3 is 10.6 Å². The average Bonchev–Trinajstić information content (AvgIpc) is 3.25. The minimum absolute atomic E-state index is 0.218. The summed E-state index contributed by atoms with van der Waals surface area (Å²) in [4.78, 5) is 4.39. The van der Waals surface area contributed by atoms with Crippen LogP contribution in [0.15, 0.2) is 41.5 Å². The smallest absolute Gasteiger partial charge is 0.191 e. The van der Waals surface area contributed by atoms with E-state index in [-0.39, 0.29) is 5.41 Å². The summed E-state index contributed by atoms with van der Waals surface area (Å²) >= 11 is 0. The van der Waals surface area contributed by atoms with Gasteiger partial charge in [-0.15, -0.1) is 0 Å². The van der Waals surface area contributed by atoms with E-state index in [1.165, 1.54) is 36.8 Å². The molecule has 5 nitrogen and oxygen atoms in total. The van der Waals surface area contributed by atoms with Crippen molar-refractivity contribution in [1.29, 1.82) is 0 Å². The molecule has 0 radical (unpaired) electrons. The van der Waals surface area contributed by atoms with Crippen LogP contribution in [0.4, 0.5) is 0 Å². The van der Waals surface area contributed by atoms with Crippen LogP contribution in [0.2, 0.25) is 0 Å². The molecule has 2 N–H and O–H groups in total. The number of hydrogen-bond acceptors (Lipinski definition) is 2. The van der Waals surface area contributed by atoms with Crippen molar-refractivity contribution in [3.63, 3.8) is 0 Å². The molecule has 1 aliphatic rings. The molecule has 1 aromatic heterocycles. The van der Waals surface area contributed by atoms with Crippen LogP contribution in [-0.2, 0) is 19.0 Å². The van der Waals surface area contributed by atoms with Crippen molar-refractivity contribution in [1.82, 2.24) is 20.4 Å². The number of aliphatic imine (C=N–C) groups is 1. The lowest BCUT2D eigenvalue weighted by atomic mass is 9.78. The first-order valence-electron chi connectivity index (χ1n) is 9.11. The Labute approximate surface area is 150 Å². The summed E-state index contributed by atoms with van der Waals surface area (Å²) in [5, 5.41) is 11.2. The van der Waals surface area contributed by atoms with Gasteiger partial charge in [0.25, 0.3) is 0 Å². The fraction of sp³-hybridized carbons (Fsp3) is 0.500. The van der Waals surface area contributed by atoms with E-state index in [0.717, 1.165) is 18.2 Å². The van der Waals surface area contributed by atoms with Crippen LogP contribution in [0.5, 0.6) is 0 Å². The molecule has 1 heterocycles. The van der Waals surface area contributed by atoms with Crippen LogP contribution < -0.4 is 10.6 Å². The summed E-state index contributed by atoms with van der Waals surface area (Å²) in [6.45, 7) is 3.81. The first-order chi connectivity index (χ1) is 12.1. The normalized spacial score (nSPS) is 16.8. The minimum Gasteiger partial charge on any atom is -0.356 e. The Morgan fingerprint density at radius 2 is 2.04 bits per heavy atom. The van der Waals surface area contributed by atoms with E-state index in [9.17, 15) is 0 Å². The standard InChI is InChI=1S/C20H29N5/c1-16-7-6-8-17(13-16)20(10-4-5-11-20)15-23-19(21-2)22-14-18-9-12-24-25(18)3/h6-9,12-13H,4-5,10-11,14-15H2,1-3H3,(H2,21,22,23). The molecule has 0 spiro atoms. The second-order valence-corrected chi connectivity index (χ2v) is 7.08. The van der Waals surface area contributed by atoms with Gasteiger partial charge in [0.1, 0.15) is 0 Å². The zero-order valence-corrected chi connectivity index (χ0v) is 15.5. The number of guanidine groups is 1. The first-order valence-corrected chi connectivity index (χ1v) is 9.11. The minimum atomic E-state index is 0.218. The summed E-state index contributed by atoms with van der Waals surface area (Å²) in [7, 11) is 3.78. The highest BCUT2D eigenvalue weighted by atomic mass is 15.3. The molecule has 0 amide bonds. The van der Waals surface area contributed by atoms with Gasteiger partial charge in [0, 0.05) is 32.3 Å². The van der Waals surface area contributed by atoms with Gasteiger partial charge in [-0.3, -0.25) is 9.67 Å². The summed E-state index contributed by atoms with van der Waals surface area (Å²) < 4.78 is 1.88. The molecular weight excluding hydrogens is 310 g/mol.